The predicted molar refractivity (Wildman–Crippen MR) is 80.9 cm³/mol. The number of carbonyl (C=O) groups excluding carboxylic acids is 1. The van der Waals surface area contributed by atoms with Crippen molar-refractivity contribution in [1.82, 2.24) is 0 Å². The van der Waals surface area contributed by atoms with E-state index in [9.17, 15) is 9.36 Å². The Balaban J connectivity index is 3.15. The van der Waals surface area contributed by atoms with E-state index < -0.39 is 19.7 Å². The van der Waals surface area contributed by atoms with Gasteiger partial charge in [0.15, 0.2) is 6.10 Å². The largest absolute Gasteiger partial charge is 0.452 e. The lowest BCUT2D eigenvalue weighted by Crippen LogP contribution is -2.13. The Morgan fingerprint density at radius 1 is 1.19 bits per heavy atom. The number of carbonyl (C=O) groups is 1. The number of hydrogen-bond acceptors (Lipinski definition) is 5. The van der Waals surface area contributed by atoms with Crippen molar-refractivity contribution >= 4 is 13.6 Å². The fourth-order valence-electron chi connectivity index (χ4n) is 1.81. The predicted octanol–water partition coefficient (Wildman–Crippen LogP) is 4.07. The summed E-state index contributed by atoms with van der Waals surface area (Å²) < 4.78 is 28.6. The molecule has 6 heteroatoms. The normalized spacial score (nSPS) is 12.7. The van der Waals surface area contributed by atoms with Gasteiger partial charge in [-0.05, 0) is 19.4 Å². The maximum absolute atomic E-state index is 12.8. The van der Waals surface area contributed by atoms with E-state index in [1.165, 1.54) is 6.92 Å². The van der Waals surface area contributed by atoms with E-state index in [2.05, 4.69) is 6.58 Å². The van der Waals surface area contributed by atoms with Crippen LogP contribution in [0, 0.1) is 0 Å². The van der Waals surface area contributed by atoms with Crippen molar-refractivity contribution in [1.29, 1.82) is 0 Å². The van der Waals surface area contributed by atoms with Crippen LogP contribution in [0.2, 0.25) is 0 Å². The average molecular weight is 312 g/mol. The van der Waals surface area contributed by atoms with Gasteiger partial charge in [0.1, 0.15) is 0 Å². The van der Waals surface area contributed by atoms with Crippen LogP contribution in [-0.2, 0) is 23.1 Å². The summed E-state index contributed by atoms with van der Waals surface area (Å²) in [6.07, 6.45) is -0.868. The zero-order chi connectivity index (χ0) is 15.9. The van der Waals surface area contributed by atoms with E-state index >= 15 is 0 Å². The molecule has 0 radical (unpaired) electrons. The van der Waals surface area contributed by atoms with Gasteiger partial charge in [0.05, 0.1) is 18.5 Å². The van der Waals surface area contributed by atoms with Crippen LogP contribution in [-0.4, -0.2) is 19.2 Å². The molecule has 0 bridgehead atoms. The molecular formula is C15H21O5P. The van der Waals surface area contributed by atoms with Gasteiger partial charge in [0.2, 0.25) is 0 Å². The van der Waals surface area contributed by atoms with Gasteiger partial charge in [-0.3, -0.25) is 9.36 Å². The molecule has 1 atom stereocenters. The number of hydrogen-bond donors (Lipinski definition) is 0. The van der Waals surface area contributed by atoms with Crippen molar-refractivity contribution in [3.63, 3.8) is 0 Å². The zero-order valence-corrected chi connectivity index (χ0v) is 13.5. The molecule has 1 rings (SSSR count). The maximum atomic E-state index is 12.8. The number of rotatable bonds is 8. The molecule has 0 saturated carbocycles. The first kappa shape index (κ1) is 17.6. The third-order valence-corrected chi connectivity index (χ3v) is 4.77. The third kappa shape index (κ3) is 4.81. The van der Waals surface area contributed by atoms with E-state index in [0.717, 1.165) is 0 Å². The van der Waals surface area contributed by atoms with Crippen molar-refractivity contribution in [3.05, 3.63) is 47.8 Å². The highest BCUT2D eigenvalue weighted by molar-refractivity contribution is 7.58. The van der Waals surface area contributed by atoms with Crippen LogP contribution in [0.3, 0.4) is 0 Å². The Bertz CT molecular complexity index is 516. The average Bonchev–Trinajstić information content (AvgIpc) is 2.45. The molecule has 0 heterocycles. The second kappa shape index (κ2) is 8.13. The molecule has 0 N–H and O–H groups in total. The van der Waals surface area contributed by atoms with Crippen LogP contribution < -0.4 is 0 Å². The maximum Gasteiger partial charge on any atom is 0.360 e. The second-order valence-corrected chi connectivity index (χ2v) is 6.31. The van der Waals surface area contributed by atoms with Gasteiger partial charge in [0.25, 0.3) is 0 Å². The van der Waals surface area contributed by atoms with Gasteiger partial charge < -0.3 is 13.8 Å². The van der Waals surface area contributed by atoms with Gasteiger partial charge in [-0.15, -0.1) is 0 Å². The van der Waals surface area contributed by atoms with Crippen LogP contribution in [0.1, 0.15) is 32.4 Å². The summed E-state index contributed by atoms with van der Waals surface area (Å²) in [4.78, 5) is 11.3. The Kier molecular flexibility index (Phi) is 6.82. The summed E-state index contributed by atoms with van der Waals surface area (Å²) in [5.41, 5.74) is 0.664. The summed E-state index contributed by atoms with van der Waals surface area (Å²) in [6.45, 7) is 8.92. The van der Waals surface area contributed by atoms with Gasteiger partial charge in [-0.2, -0.15) is 0 Å². The molecule has 0 spiro atoms. The van der Waals surface area contributed by atoms with Crippen LogP contribution >= 0.6 is 7.60 Å². The molecule has 0 aromatic heterocycles. The highest BCUT2D eigenvalue weighted by Gasteiger charge is 2.36. The quantitative estimate of drug-likeness (QED) is 0.535. The lowest BCUT2D eigenvalue weighted by Gasteiger charge is -2.25. The Morgan fingerprint density at radius 3 is 2.14 bits per heavy atom. The van der Waals surface area contributed by atoms with Crippen molar-refractivity contribution in [2.24, 2.45) is 0 Å². The van der Waals surface area contributed by atoms with Gasteiger partial charge >= 0.3 is 13.6 Å². The SMILES string of the molecule is C=C(C(OC(C)=O)c1ccccc1)P(=O)(OCC)OCC. The Morgan fingerprint density at radius 2 is 1.71 bits per heavy atom. The summed E-state index contributed by atoms with van der Waals surface area (Å²) in [5.74, 6) is -0.496. The Labute approximate surface area is 125 Å². The first-order valence-corrected chi connectivity index (χ1v) is 8.29. The molecule has 0 saturated heterocycles. The van der Waals surface area contributed by atoms with Crippen molar-refractivity contribution in [2.45, 2.75) is 26.9 Å². The number of benzene rings is 1. The fourth-order valence-corrected chi connectivity index (χ4v) is 3.38. The highest BCUT2D eigenvalue weighted by Crippen LogP contribution is 2.59. The van der Waals surface area contributed by atoms with Crippen LogP contribution in [0.25, 0.3) is 0 Å². The molecule has 0 aliphatic carbocycles. The summed E-state index contributed by atoms with van der Waals surface area (Å²) >= 11 is 0. The first-order chi connectivity index (χ1) is 9.94. The van der Waals surface area contributed by atoms with E-state index in [0.29, 0.717) is 5.56 Å². The second-order valence-electron chi connectivity index (χ2n) is 4.22. The smallest absolute Gasteiger partial charge is 0.360 e. The summed E-state index contributed by atoms with van der Waals surface area (Å²) in [5, 5.41) is 0.118. The topological polar surface area (TPSA) is 61.8 Å². The molecule has 21 heavy (non-hydrogen) atoms. The third-order valence-electron chi connectivity index (χ3n) is 2.64. The van der Waals surface area contributed by atoms with Gasteiger partial charge in [-0.25, -0.2) is 0 Å². The summed E-state index contributed by atoms with van der Waals surface area (Å²) in [6, 6.07) is 8.96. The van der Waals surface area contributed by atoms with Crippen LogP contribution in [0.4, 0.5) is 0 Å². The standard InChI is InChI=1S/C15H21O5P/c1-5-18-21(17,19-6-2)12(3)15(20-13(4)16)14-10-8-7-9-11-14/h7-11,15H,3,5-6H2,1-2,4H3. The van der Waals surface area contributed by atoms with Gasteiger partial charge in [0, 0.05) is 6.92 Å². The van der Waals surface area contributed by atoms with Crippen molar-refractivity contribution in [3.8, 4) is 0 Å². The molecule has 0 aliphatic heterocycles. The molecule has 0 aliphatic rings. The monoisotopic (exact) mass is 312 g/mol. The Hall–Kier alpha value is -1.42. The molecular weight excluding hydrogens is 291 g/mol. The van der Waals surface area contributed by atoms with Crippen LogP contribution in [0.15, 0.2) is 42.2 Å². The number of ether oxygens (including phenoxy) is 1. The minimum absolute atomic E-state index is 0.118. The van der Waals surface area contributed by atoms with Crippen molar-refractivity contribution in [2.75, 3.05) is 13.2 Å². The molecule has 1 aromatic carbocycles. The first-order valence-electron chi connectivity index (χ1n) is 6.75. The fraction of sp³-hybridized carbons (Fsp3) is 0.400. The molecule has 116 valence electrons. The van der Waals surface area contributed by atoms with E-state index in [4.69, 9.17) is 13.8 Å². The van der Waals surface area contributed by atoms with E-state index in [-0.39, 0.29) is 18.5 Å². The number of esters is 1. The lowest BCUT2D eigenvalue weighted by atomic mass is 10.1. The van der Waals surface area contributed by atoms with Crippen LogP contribution in [0.5, 0.6) is 0 Å². The van der Waals surface area contributed by atoms with Gasteiger partial charge in [-0.1, -0.05) is 36.9 Å². The summed E-state index contributed by atoms with van der Waals surface area (Å²) in [7, 11) is -3.56. The molecule has 5 nitrogen and oxygen atoms in total. The van der Waals surface area contributed by atoms with E-state index in [1.807, 2.05) is 6.07 Å². The molecule has 0 fully saturated rings. The highest BCUT2D eigenvalue weighted by atomic mass is 31.2. The van der Waals surface area contributed by atoms with E-state index in [1.54, 1.807) is 38.1 Å². The minimum atomic E-state index is -3.56. The zero-order valence-electron chi connectivity index (χ0n) is 12.6. The lowest BCUT2D eigenvalue weighted by molar-refractivity contribution is -0.144. The molecule has 1 aromatic rings. The molecule has 0 amide bonds. The molecule has 1 unspecified atom stereocenters. The van der Waals surface area contributed by atoms with Crippen molar-refractivity contribution < 1.29 is 23.1 Å². The minimum Gasteiger partial charge on any atom is -0.452 e.